The molecule has 1 atom stereocenters. The van der Waals surface area contributed by atoms with Crippen molar-refractivity contribution in [2.45, 2.75) is 25.3 Å². The Morgan fingerprint density at radius 2 is 2.35 bits per heavy atom. The van der Waals surface area contributed by atoms with E-state index in [1.807, 2.05) is 0 Å². The molecule has 0 aromatic carbocycles. The lowest BCUT2D eigenvalue weighted by Crippen LogP contribution is -2.38. The monoisotopic (exact) mass is 330 g/mol. The van der Waals surface area contributed by atoms with Crippen LogP contribution in [-0.2, 0) is 12.8 Å². The minimum absolute atomic E-state index is 0.0794. The third kappa shape index (κ3) is 2.63. The molecule has 2 aromatic heterocycles. The molecule has 20 heavy (non-hydrogen) atoms. The summed E-state index contributed by atoms with van der Waals surface area (Å²) in [4.78, 5) is 20.3. The van der Waals surface area contributed by atoms with Gasteiger partial charge in [0, 0.05) is 17.3 Å². The third-order valence-corrected chi connectivity index (χ3v) is 4.90. The van der Waals surface area contributed by atoms with Crippen LogP contribution in [0.5, 0.6) is 0 Å². The van der Waals surface area contributed by atoms with E-state index >= 15 is 0 Å². The van der Waals surface area contributed by atoms with Gasteiger partial charge in [-0.1, -0.05) is 23.2 Å². The van der Waals surface area contributed by atoms with Crippen LogP contribution in [0.4, 0.5) is 5.13 Å². The van der Waals surface area contributed by atoms with Gasteiger partial charge in [-0.15, -0.1) is 11.3 Å². The zero-order chi connectivity index (χ0) is 14.3. The van der Waals surface area contributed by atoms with Gasteiger partial charge in [0.05, 0.1) is 10.7 Å². The van der Waals surface area contributed by atoms with E-state index in [0.29, 0.717) is 15.8 Å². The largest absolute Gasteiger partial charge is 0.375 e. The number of carbonyl (C=O) groups excluding carboxylic acids is 1. The molecule has 0 bridgehead atoms. The van der Waals surface area contributed by atoms with Crippen molar-refractivity contribution in [3.63, 3.8) is 0 Å². The lowest BCUT2D eigenvalue weighted by atomic mass is 9.97. The summed E-state index contributed by atoms with van der Waals surface area (Å²) >= 11 is 13.1. The van der Waals surface area contributed by atoms with Crippen molar-refractivity contribution in [3.05, 3.63) is 32.5 Å². The van der Waals surface area contributed by atoms with Crippen molar-refractivity contribution >= 4 is 45.6 Å². The number of rotatable bonds is 2. The first-order valence-corrected chi connectivity index (χ1v) is 7.69. The number of nitrogens with one attached hydrogen (secondary N) is 2. The third-order valence-electron chi connectivity index (χ3n) is 3.26. The lowest BCUT2D eigenvalue weighted by Gasteiger charge is -2.22. The second-order valence-corrected chi connectivity index (χ2v) is 6.58. The minimum atomic E-state index is -0.204. The number of hydrogen-bond acceptors (Lipinski definition) is 4. The highest BCUT2D eigenvalue weighted by molar-refractivity contribution is 7.15. The topological polar surface area (TPSA) is 83.8 Å². The second-order valence-electron chi connectivity index (χ2n) is 4.68. The molecular weight excluding hydrogens is 319 g/mol. The number of nitrogens with two attached hydrogens (primary N) is 1. The average molecular weight is 331 g/mol. The standard InChI is InChI=1S/C12H12Cl2N4OS/c13-6-4-8(17-10(6)14)11(19)16-5-1-2-7-9(3-5)20-12(15)18-7/h4-5,17H,1-3H2,(H2,15,18)(H,16,19)/t5-/m0/s1. The zero-order valence-electron chi connectivity index (χ0n) is 10.4. The number of amides is 1. The Kier molecular flexibility index (Phi) is 3.62. The summed E-state index contributed by atoms with van der Waals surface area (Å²) in [5, 5.41) is 4.19. The van der Waals surface area contributed by atoms with E-state index in [1.54, 1.807) is 0 Å². The molecule has 0 unspecified atom stereocenters. The fraction of sp³-hybridized carbons (Fsp3) is 0.333. The Morgan fingerprint density at radius 3 is 3.05 bits per heavy atom. The number of halogens is 2. The van der Waals surface area contributed by atoms with Crippen molar-refractivity contribution in [2.24, 2.45) is 0 Å². The molecule has 0 radical (unpaired) electrons. The number of fused-ring (bicyclic) bond motifs is 1. The number of carbonyl (C=O) groups is 1. The van der Waals surface area contributed by atoms with Gasteiger partial charge in [-0.2, -0.15) is 0 Å². The molecule has 1 aliphatic carbocycles. The summed E-state index contributed by atoms with van der Waals surface area (Å²) in [5.74, 6) is -0.204. The molecule has 1 aliphatic rings. The maximum absolute atomic E-state index is 12.1. The summed E-state index contributed by atoms with van der Waals surface area (Å²) in [6, 6.07) is 1.61. The Labute approximate surface area is 129 Å². The van der Waals surface area contributed by atoms with Crippen molar-refractivity contribution in [1.82, 2.24) is 15.3 Å². The van der Waals surface area contributed by atoms with Crippen molar-refractivity contribution in [1.29, 1.82) is 0 Å². The number of aryl methyl sites for hydroxylation is 1. The molecule has 3 rings (SSSR count). The zero-order valence-corrected chi connectivity index (χ0v) is 12.7. The summed E-state index contributed by atoms with van der Waals surface area (Å²) in [6.45, 7) is 0. The van der Waals surface area contributed by atoms with Gasteiger partial charge in [-0.25, -0.2) is 4.98 Å². The fourth-order valence-electron chi connectivity index (χ4n) is 2.31. The molecule has 2 aromatic rings. The molecule has 8 heteroatoms. The average Bonchev–Trinajstić information content (AvgIpc) is 2.91. The van der Waals surface area contributed by atoms with E-state index in [9.17, 15) is 4.79 Å². The molecule has 106 valence electrons. The van der Waals surface area contributed by atoms with Crippen LogP contribution in [-0.4, -0.2) is 21.9 Å². The van der Waals surface area contributed by atoms with E-state index in [4.69, 9.17) is 28.9 Å². The van der Waals surface area contributed by atoms with Crippen LogP contribution < -0.4 is 11.1 Å². The van der Waals surface area contributed by atoms with Gasteiger partial charge in [0.2, 0.25) is 0 Å². The Hall–Kier alpha value is -1.24. The quantitative estimate of drug-likeness (QED) is 0.791. The lowest BCUT2D eigenvalue weighted by molar-refractivity contribution is 0.0929. The highest BCUT2D eigenvalue weighted by Gasteiger charge is 2.24. The number of nitrogens with zero attached hydrogens (tertiary/aromatic N) is 1. The van der Waals surface area contributed by atoms with Crippen LogP contribution in [0.25, 0.3) is 0 Å². The van der Waals surface area contributed by atoms with E-state index in [1.165, 1.54) is 17.4 Å². The van der Waals surface area contributed by atoms with Gasteiger partial charge < -0.3 is 16.0 Å². The predicted octanol–water partition coefficient (Wildman–Crippen LogP) is 2.65. The molecule has 0 fully saturated rings. The smallest absolute Gasteiger partial charge is 0.268 e. The van der Waals surface area contributed by atoms with Gasteiger partial charge in [0.1, 0.15) is 10.8 Å². The van der Waals surface area contributed by atoms with Crippen LogP contribution >= 0.6 is 34.5 Å². The van der Waals surface area contributed by atoms with E-state index < -0.39 is 0 Å². The van der Waals surface area contributed by atoms with E-state index in [-0.39, 0.29) is 17.1 Å². The molecule has 0 spiro atoms. The van der Waals surface area contributed by atoms with Gasteiger partial charge in [-0.3, -0.25) is 4.79 Å². The number of anilines is 1. The minimum Gasteiger partial charge on any atom is -0.375 e. The van der Waals surface area contributed by atoms with Crippen LogP contribution in [0.2, 0.25) is 10.2 Å². The van der Waals surface area contributed by atoms with Crippen LogP contribution in [0.3, 0.4) is 0 Å². The molecular formula is C12H12Cl2N4OS. The summed E-state index contributed by atoms with van der Waals surface area (Å²) in [6.07, 6.45) is 2.45. The summed E-state index contributed by atoms with van der Waals surface area (Å²) in [7, 11) is 0. The predicted molar refractivity (Wildman–Crippen MR) is 80.6 cm³/mol. The second kappa shape index (κ2) is 5.27. The first-order chi connectivity index (χ1) is 9.52. The molecule has 2 heterocycles. The van der Waals surface area contributed by atoms with Crippen molar-refractivity contribution < 1.29 is 4.79 Å². The van der Waals surface area contributed by atoms with E-state index in [0.717, 1.165) is 29.8 Å². The molecule has 0 saturated heterocycles. The van der Waals surface area contributed by atoms with Crippen molar-refractivity contribution in [3.8, 4) is 0 Å². The molecule has 0 aliphatic heterocycles. The van der Waals surface area contributed by atoms with Crippen LogP contribution in [0, 0.1) is 0 Å². The number of nitrogen functional groups attached to an aromatic ring is 1. The van der Waals surface area contributed by atoms with Crippen LogP contribution in [0.15, 0.2) is 6.07 Å². The van der Waals surface area contributed by atoms with Gasteiger partial charge in [0.15, 0.2) is 5.13 Å². The van der Waals surface area contributed by atoms with Gasteiger partial charge in [0.25, 0.3) is 5.91 Å². The number of hydrogen-bond donors (Lipinski definition) is 3. The maximum atomic E-state index is 12.1. The number of H-pyrrole nitrogens is 1. The Morgan fingerprint density at radius 1 is 1.55 bits per heavy atom. The number of thiazole rings is 1. The maximum Gasteiger partial charge on any atom is 0.268 e. The summed E-state index contributed by atoms with van der Waals surface area (Å²) < 4.78 is 0. The first kappa shape index (κ1) is 13.7. The Balaban J connectivity index is 1.68. The highest BCUT2D eigenvalue weighted by Crippen LogP contribution is 2.28. The SMILES string of the molecule is Nc1nc2c(s1)C[C@@H](NC(=O)c1cc(Cl)c(Cl)[nH]1)CC2. The summed E-state index contributed by atoms with van der Waals surface area (Å²) in [5.41, 5.74) is 7.13. The normalized spacial score (nSPS) is 17.8. The molecule has 0 saturated carbocycles. The number of aromatic amines is 1. The van der Waals surface area contributed by atoms with Crippen LogP contribution in [0.1, 0.15) is 27.5 Å². The molecule has 5 nitrogen and oxygen atoms in total. The first-order valence-electron chi connectivity index (χ1n) is 6.12. The Bertz CT molecular complexity index is 647. The van der Waals surface area contributed by atoms with Gasteiger partial charge in [-0.05, 0) is 18.9 Å². The fourth-order valence-corrected chi connectivity index (χ4v) is 3.58. The van der Waals surface area contributed by atoms with Crippen molar-refractivity contribution in [2.75, 3.05) is 5.73 Å². The molecule has 4 N–H and O–H groups in total. The van der Waals surface area contributed by atoms with E-state index in [2.05, 4.69) is 15.3 Å². The molecule has 1 amide bonds. The number of aromatic nitrogens is 2. The van der Waals surface area contributed by atoms with Gasteiger partial charge >= 0.3 is 0 Å². The highest BCUT2D eigenvalue weighted by atomic mass is 35.5.